The van der Waals surface area contributed by atoms with Crippen LogP contribution in [0.15, 0.2) is 0 Å². The summed E-state index contributed by atoms with van der Waals surface area (Å²) in [5.41, 5.74) is -2.36. The Morgan fingerprint density at radius 1 is 1.12 bits per heavy atom. The molecule has 0 heterocycles. The van der Waals surface area contributed by atoms with Gasteiger partial charge >= 0.3 is 5.97 Å². The second-order valence-corrected chi connectivity index (χ2v) is 5.59. The standard InChI is InChI=1S/C10H18O6S/c1-7(11)10(5,6-15-17(13)14)8(12)16-9(2,3)4/h17H,6H2,1-5H3. The molecule has 0 rings (SSSR count). The molecule has 0 saturated heterocycles. The molecule has 0 N–H and O–H groups in total. The maximum Gasteiger partial charge on any atom is 0.322 e. The number of esters is 1. The zero-order chi connectivity index (χ0) is 13.9. The van der Waals surface area contributed by atoms with Gasteiger partial charge in [-0.05, 0) is 34.6 Å². The summed E-state index contributed by atoms with van der Waals surface area (Å²) in [5.74, 6) is -1.31. The van der Waals surface area contributed by atoms with Gasteiger partial charge in [-0.3, -0.25) is 13.8 Å². The number of ketones is 1. The molecule has 0 bridgehead atoms. The molecule has 1 unspecified atom stereocenters. The summed E-state index contributed by atoms with van der Waals surface area (Å²) in [4.78, 5) is 23.2. The fraction of sp³-hybridized carbons (Fsp3) is 0.800. The summed E-state index contributed by atoms with van der Waals surface area (Å²) in [6.45, 7) is 6.89. The molecule has 0 aliphatic carbocycles. The van der Waals surface area contributed by atoms with E-state index >= 15 is 0 Å². The Labute approximate surface area is 102 Å². The van der Waals surface area contributed by atoms with Crippen LogP contribution in [0.3, 0.4) is 0 Å². The van der Waals surface area contributed by atoms with Gasteiger partial charge in [0.2, 0.25) is 0 Å². The van der Waals surface area contributed by atoms with Crippen LogP contribution < -0.4 is 0 Å². The lowest BCUT2D eigenvalue weighted by molar-refractivity contribution is -0.170. The number of Topliss-reactive ketones (excluding diaryl/α,β-unsaturated/α-hetero) is 1. The average molecular weight is 266 g/mol. The predicted octanol–water partition coefficient (Wildman–Crippen LogP) is 0.466. The molecular weight excluding hydrogens is 248 g/mol. The van der Waals surface area contributed by atoms with Crippen LogP contribution in [0.4, 0.5) is 0 Å². The van der Waals surface area contributed by atoms with Crippen molar-refractivity contribution in [2.75, 3.05) is 6.61 Å². The van der Waals surface area contributed by atoms with E-state index in [4.69, 9.17) is 4.74 Å². The van der Waals surface area contributed by atoms with E-state index in [1.807, 2.05) is 0 Å². The molecule has 0 aliphatic heterocycles. The third-order valence-electron chi connectivity index (χ3n) is 2.09. The zero-order valence-electron chi connectivity index (χ0n) is 10.6. The van der Waals surface area contributed by atoms with Gasteiger partial charge < -0.3 is 4.74 Å². The van der Waals surface area contributed by atoms with Crippen molar-refractivity contribution in [2.24, 2.45) is 5.41 Å². The van der Waals surface area contributed by atoms with Crippen molar-refractivity contribution in [1.29, 1.82) is 0 Å². The summed E-state index contributed by atoms with van der Waals surface area (Å²) in [6.07, 6.45) is 0. The number of hydrogen-bond donors (Lipinski definition) is 1. The van der Waals surface area contributed by atoms with Gasteiger partial charge in [0, 0.05) is 0 Å². The van der Waals surface area contributed by atoms with Crippen molar-refractivity contribution in [3.05, 3.63) is 0 Å². The fourth-order valence-electron chi connectivity index (χ4n) is 0.877. The fourth-order valence-corrected chi connectivity index (χ4v) is 1.24. The van der Waals surface area contributed by atoms with E-state index in [1.165, 1.54) is 13.8 Å². The van der Waals surface area contributed by atoms with Crippen molar-refractivity contribution in [3.63, 3.8) is 0 Å². The molecular formula is C10H18O6S. The van der Waals surface area contributed by atoms with Crippen LogP contribution in [-0.4, -0.2) is 32.4 Å². The van der Waals surface area contributed by atoms with Crippen molar-refractivity contribution in [3.8, 4) is 0 Å². The van der Waals surface area contributed by atoms with Crippen LogP contribution in [0.2, 0.25) is 0 Å². The number of rotatable bonds is 5. The van der Waals surface area contributed by atoms with Gasteiger partial charge in [-0.1, -0.05) is 0 Å². The van der Waals surface area contributed by atoms with Crippen molar-refractivity contribution >= 4 is 22.7 Å². The average Bonchev–Trinajstić information content (AvgIpc) is 2.10. The maximum atomic E-state index is 11.8. The van der Waals surface area contributed by atoms with E-state index in [1.54, 1.807) is 20.8 Å². The van der Waals surface area contributed by atoms with E-state index in [0.29, 0.717) is 0 Å². The number of hydrogen-bond acceptors (Lipinski definition) is 6. The normalized spacial score (nSPS) is 15.4. The van der Waals surface area contributed by atoms with Crippen LogP contribution in [0, 0.1) is 5.41 Å². The lowest BCUT2D eigenvalue weighted by Gasteiger charge is -2.28. The molecule has 0 aliphatic rings. The summed E-state index contributed by atoms with van der Waals surface area (Å²) >= 11 is 0. The number of thiol groups is 1. The Bertz CT molecular complexity index is 371. The molecule has 0 aromatic rings. The van der Waals surface area contributed by atoms with Crippen LogP contribution in [-0.2, 0) is 29.5 Å². The highest BCUT2D eigenvalue weighted by atomic mass is 32.2. The van der Waals surface area contributed by atoms with Gasteiger partial charge in [0.15, 0.2) is 0 Å². The van der Waals surface area contributed by atoms with E-state index in [9.17, 15) is 18.0 Å². The van der Waals surface area contributed by atoms with Gasteiger partial charge in [-0.25, -0.2) is 8.42 Å². The molecule has 0 amide bonds. The van der Waals surface area contributed by atoms with Crippen molar-refractivity contribution in [1.82, 2.24) is 0 Å². The predicted molar refractivity (Wildman–Crippen MR) is 60.9 cm³/mol. The molecule has 0 fully saturated rings. The first-order chi connectivity index (χ1) is 7.49. The lowest BCUT2D eigenvalue weighted by Crippen LogP contribution is -2.43. The first-order valence-corrected chi connectivity index (χ1v) is 6.10. The van der Waals surface area contributed by atoms with E-state index in [2.05, 4.69) is 4.18 Å². The summed E-state index contributed by atoms with van der Waals surface area (Å²) in [5, 5.41) is 0. The Hall–Kier alpha value is -0.950. The van der Waals surface area contributed by atoms with Crippen LogP contribution in [0.25, 0.3) is 0 Å². The topological polar surface area (TPSA) is 86.7 Å². The molecule has 100 valence electrons. The molecule has 0 spiro atoms. The molecule has 0 aromatic heterocycles. The molecule has 6 nitrogen and oxygen atoms in total. The summed E-state index contributed by atoms with van der Waals surface area (Å²) < 4.78 is 30.1. The Morgan fingerprint density at radius 2 is 1.59 bits per heavy atom. The third kappa shape index (κ3) is 5.27. The Kier molecular flexibility index (Phi) is 5.28. The van der Waals surface area contributed by atoms with Crippen LogP contribution >= 0.6 is 0 Å². The Morgan fingerprint density at radius 3 is 1.88 bits per heavy atom. The molecule has 1 atom stereocenters. The highest BCUT2D eigenvalue weighted by Crippen LogP contribution is 2.24. The van der Waals surface area contributed by atoms with Gasteiger partial charge in [0.05, 0.1) is 6.61 Å². The zero-order valence-corrected chi connectivity index (χ0v) is 11.5. The minimum Gasteiger partial charge on any atom is -0.459 e. The minimum absolute atomic E-state index is 0.511. The van der Waals surface area contributed by atoms with Gasteiger partial charge in [0.1, 0.15) is 16.8 Å². The molecule has 17 heavy (non-hydrogen) atoms. The number of carbonyl (C=O) groups excluding carboxylic acids is 2. The maximum absolute atomic E-state index is 11.8. The summed E-state index contributed by atoms with van der Waals surface area (Å²) in [6, 6.07) is 0. The SMILES string of the molecule is CC(=O)C(C)(CO[SH](=O)=O)C(=O)OC(C)(C)C. The highest BCUT2D eigenvalue weighted by Gasteiger charge is 2.42. The minimum atomic E-state index is -3.11. The van der Waals surface area contributed by atoms with Crippen molar-refractivity contribution < 1.29 is 26.9 Å². The first-order valence-electron chi connectivity index (χ1n) is 5.01. The molecule has 7 heteroatoms. The van der Waals surface area contributed by atoms with E-state index in [0.717, 1.165) is 0 Å². The highest BCUT2D eigenvalue weighted by molar-refractivity contribution is 7.67. The van der Waals surface area contributed by atoms with Gasteiger partial charge in [-0.15, -0.1) is 0 Å². The van der Waals surface area contributed by atoms with Gasteiger partial charge in [-0.2, -0.15) is 0 Å². The lowest BCUT2D eigenvalue weighted by atomic mass is 9.87. The van der Waals surface area contributed by atoms with E-state index in [-0.39, 0.29) is 0 Å². The quantitative estimate of drug-likeness (QED) is 0.442. The molecule has 0 aromatic carbocycles. The molecule has 0 saturated carbocycles. The second kappa shape index (κ2) is 5.59. The first kappa shape index (κ1) is 16.1. The third-order valence-corrected chi connectivity index (χ3v) is 2.42. The second-order valence-electron chi connectivity index (χ2n) is 4.89. The number of carbonyl (C=O) groups is 2. The van der Waals surface area contributed by atoms with Crippen LogP contribution in [0.5, 0.6) is 0 Å². The number of ether oxygens (including phenoxy) is 1. The summed E-state index contributed by atoms with van der Waals surface area (Å²) in [7, 11) is -3.11. The molecule has 0 radical (unpaired) electrons. The van der Waals surface area contributed by atoms with E-state index < -0.39 is 40.4 Å². The van der Waals surface area contributed by atoms with Crippen LogP contribution in [0.1, 0.15) is 34.6 Å². The van der Waals surface area contributed by atoms with Gasteiger partial charge in [0.25, 0.3) is 11.0 Å². The Balaban J connectivity index is 4.94. The monoisotopic (exact) mass is 266 g/mol. The van der Waals surface area contributed by atoms with Crippen molar-refractivity contribution in [2.45, 2.75) is 40.2 Å². The smallest absolute Gasteiger partial charge is 0.322 e. The largest absolute Gasteiger partial charge is 0.459 e.